The first-order chi connectivity index (χ1) is 12.3. The lowest BCUT2D eigenvalue weighted by Crippen LogP contribution is -2.45. The Morgan fingerprint density at radius 2 is 1.77 bits per heavy atom. The first kappa shape index (κ1) is 22.1. The SMILES string of the molecule is CN=C(NCCN(C(C)C)C(C)C)N(C)Cc1ccc(OC)cc1OC. The van der Waals surface area contributed by atoms with Crippen LogP contribution < -0.4 is 14.8 Å². The van der Waals surface area contributed by atoms with Gasteiger partial charge in [0.05, 0.1) is 14.2 Å². The molecule has 0 radical (unpaired) electrons. The zero-order valence-electron chi connectivity index (χ0n) is 17.7. The molecule has 6 heteroatoms. The van der Waals surface area contributed by atoms with E-state index >= 15 is 0 Å². The zero-order valence-corrected chi connectivity index (χ0v) is 17.7. The van der Waals surface area contributed by atoms with Crippen LogP contribution in [0.4, 0.5) is 0 Å². The Morgan fingerprint density at radius 3 is 2.27 bits per heavy atom. The summed E-state index contributed by atoms with van der Waals surface area (Å²) in [6, 6.07) is 6.94. The number of rotatable bonds is 9. The van der Waals surface area contributed by atoms with Crippen molar-refractivity contribution in [3.05, 3.63) is 23.8 Å². The smallest absolute Gasteiger partial charge is 0.193 e. The van der Waals surface area contributed by atoms with Gasteiger partial charge in [0.1, 0.15) is 11.5 Å². The van der Waals surface area contributed by atoms with Crippen LogP contribution in [-0.4, -0.2) is 69.2 Å². The molecular weight excluding hydrogens is 328 g/mol. The van der Waals surface area contributed by atoms with Crippen LogP contribution in [0.3, 0.4) is 0 Å². The van der Waals surface area contributed by atoms with Crippen molar-refractivity contribution in [1.29, 1.82) is 0 Å². The van der Waals surface area contributed by atoms with Crippen LogP contribution in [0, 0.1) is 0 Å². The number of aliphatic imine (C=N–C) groups is 1. The average Bonchev–Trinajstić information content (AvgIpc) is 2.61. The van der Waals surface area contributed by atoms with Gasteiger partial charge in [-0.3, -0.25) is 9.89 Å². The summed E-state index contributed by atoms with van der Waals surface area (Å²) >= 11 is 0. The maximum Gasteiger partial charge on any atom is 0.193 e. The van der Waals surface area contributed by atoms with Crippen LogP contribution >= 0.6 is 0 Å². The van der Waals surface area contributed by atoms with Crippen LogP contribution in [0.25, 0.3) is 0 Å². The van der Waals surface area contributed by atoms with E-state index in [0.29, 0.717) is 18.6 Å². The maximum absolute atomic E-state index is 5.49. The third-order valence-corrected chi connectivity index (χ3v) is 4.45. The molecule has 1 rings (SSSR count). The van der Waals surface area contributed by atoms with Gasteiger partial charge in [-0.1, -0.05) is 0 Å². The van der Waals surface area contributed by atoms with E-state index in [4.69, 9.17) is 9.47 Å². The lowest BCUT2D eigenvalue weighted by Gasteiger charge is -2.31. The molecule has 0 saturated heterocycles. The van der Waals surface area contributed by atoms with Crippen molar-refractivity contribution in [2.75, 3.05) is 41.4 Å². The molecule has 0 heterocycles. The number of hydrogen-bond donors (Lipinski definition) is 1. The lowest BCUT2D eigenvalue weighted by molar-refractivity contribution is 0.178. The van der Waals surface area contributed by atoms with Gasteiger partial charge in [0.25, 0.3) is 0 Å². The van der Waals surface area contributed by atoms with Crippen LogP contribution in [0.2, 0.25) is 0 Å². The molecule has 1 N–H and O–H groups in total. The number of guanidine groups is 1. The largest absolute Gasteiger partial charge is 0.497 e. The Kier molecular flexibility index (Phi) is 9.27. The number of ether oxygens (including phenoxy) is 2. The van der Waals surface area contributed by atoms with Crippen molar-refractivity contribution in [2.24, 2.45) is 4.99 Å². The Morgan fingerprint density at radius 1 is 1.12 bits per heavy atom. The average molecular weight is 365 g/mol. The van der Waals surface area contributed by atoms with Crippen LogP contribution in [0.5, 0.6) is 11.5 Å². The molecule has 26 heavy (non-hydrogen) atoms. The summed E-state index contributed by atoms with van der Waals surface area (Å²) < 4.78 is 10.8. The quantitative estimate of drug-likeness (QED) is 0.539. The fraction of sp³-hybridized carbons (Fsp3) is 0.650. The van der Waals surface area contributed by atoms with Gasteiger partial charge in [0.2, 0.25) is 0 Å². The number of nitrogens with zero attached hydrogens (tertiary/aromatic N) is 3. The number of methoxy groups -OCH3 is 2. The molecule has 0 saturated carbocycles. The molecule has 1 aromatic rings. The second-order valence-electron chi connectivity index (χ2n) is 6.93. The Bertz CT molecular complexity index is 565. The van der Waals surface area contributed by atoms with Gasteiger partial charge >= 0.3 is 0 Å². The van der Waals surface area contributed by atoms with E-state index < -0.39 is 0 Å². The summed E-state index contributed by atoms with van der Waals surface area (Å²) in [5, 5.41) is 3.46. The molecule has 1 aromatic carbocycles. The second-order valence-corrected chi connectivity index (χ2v) is 6.93. The van der Waals surface area contributed by atoms with Gasteiger partial charge in [-0.25, -0.2) is 0 Å². The maximum atomic E-state index is 5.49. The predicted molar refractivity (Wildman–Crippen MR) is 109 cm³/mol. The minimum Gasteiger partial charge on any atom is -0.497 e. The number of benzene rings is 1. The van der Waals surface area contributed by atoms with E-state index in [1.807, 2.05) is 32.3 Å². The van der Waals surface area contributed by atoms with Gasteiger partial charge in [-0.05, 0) is 39.8 Å². The zero-order chi connectivity index (χ0) is 19.7. The second kappa shape index (κ2) is 10.9. The molecule has 0 aliphatic rings. The van der Waals surface area contributed by atoms with Crippen molar-refractivity contribution >= 4 is 5.96 Å². The van der Waals surface area contributed by atoms with Gasteiger partial charge in [0.15, 0.2) is 5.96 Å². The fourth-order valence-corrected chi connectivity index (χ4v) is 3.11. The first-order valence-electron chi connectivity index (χ1n) is 9.22. The standard InChI is InChI=1S/C20H36N4O2/c1-15(2)24(16(3)4)12-11-22-20(21-5)23(6)14-17-9-10-18(25-7)13-19(17)26-8/h9-10,13,15-16H,11-12,14H2,1-8H3,(H,21,22). The molecule has 0 unspecified atom stereocenters. The minimum atomic E-state index is 0.528. The normalized spacial score (nSPS) is 12.0. The Labute approximate surface area is 159 Å². The van der Waals surface area contributed by atoms with Crippen molar-refractivity contribution < 1.29 is 9.47 Å². The van der Waals surface area contributed by atoms with E-state index in [1.165, 1.54) is 0 Å². The van der Waals surface area contributed by atoms with E-state index in [9.17, 15) is 0 Å². The predicted octanol–water partition coefficient (Wildman–Crippen LogP) is 2.83. The molecule has 0 aliphatic carbocycles. The molecule has 0 aliphatic heterocycles. The summed E-state index contributed by atoms with van der Waals surface area (Å²) in [6.07, 6.45) is 0. The molecule has 0 spiro atoms. The van der Waals surface area contributed by atoms with E-state index in [0.717, 1.165) is 36.1 Å². The monoisotopic (exact) mass is 364 g/mol. The van der Waals surface area contributed by atoms with Crippen molar-refractivity contribution in [3.63, 3.8) is 0 Å². The highest BCUT2D eigenvalue weighted by atomic mass is 16.5. The highest BCUT2D eigenvalue weighted by Crippen LogP contribution is 2.25. The highest BCUT2D eigenvalue weighted by Gasteiger charge is 2.14. The van der Waals surface area contributed by atoms with Crippen molar-refractivity contribution in [1.82, 2.24) is 15.1 Å². The van der Waals surface area contributed by atoms with Crippen LogP contribution in [0.15, 0.2) is 23.2 Å². The first-order valence-corrected chi connectivity index (χ1v) is 9.22. The highest BCUT2D eigenvalue weighted by molar-refractivity contribution is 5.79. The summed E-state index contributed by atoms with van der Waals surface area (Å²) in [5.41, 5.74) is 1.09. The molecule has 0 aromatic heterocycles. The van der Waals surface area contributed by atoms with Crippen molar-refractivity contribution in [3.8, 4) is 11.5 Å². The van der Waals surface area contributed by atoms with E-state index in [1.54, 1.807) is 14.2 Å². The number of nitrogens with one attached hydrogen (secondary N) is 1. The van der Waals surface area contributed by atoms with Gasteiger partial charge in [-0.15, -0.1) is 0 Å². The summed E-state index contributed by atoms with van der Waals surface area (Å²) in [7, 11) is 7.18. The molecule has 148 valence electrons. The molecule has 6 nitrogen and oxygen atoms in total. The summed E-state index contributed by atoms with van der Waals surface area (Å²) in [4.78, 5) is 8.97. The lowest BCUT2D eigenvalue weighted by atomic mass is 10.2. The third kappa shape index (κ3) is 6.41. The molecular formula is C20H36N4O2. The molecule has 0 amide bonds. The van der Waals surface area contributed by atoms with E-state index in [2.05, 4.69) is 47.8 Å². The molecule has 0 atom stereocenters. The van der Waals surface area contributed by atoms with E-state index in [-0.39, 0.29) is 0 Å². The van der Waals surface area contributed by atoms with Crippen molar-refractivity contribution in [2.45, 2.75) is 46.3 Å². The van der Waals surface area contributed by atoms with Gasteiger partial charge < -0.3 is 19.7 Å². The van der Waals surface area contributed by atoms with Crippen LogP contribution in [0.1, 0.15) is 33.3 Å². The summed E-state index contributed by atoms with van der Waals surface area (Å²) in [5.74, 6) is 2.48. The summed E-state index contributed by atoms with van der Waals surface area (Å²) in [6.45, 7) is 11.5. The van der Waals surface area contributed by atoms with Crippen LogP contribution in [-0.2, 0) is 6.54 Å². The van der Waals surface area contributed by atoms with Gasteiger partial charge in [0, 0.05) is 57.4 Å². The Balaban J connectivity index is 2.68. The Hall–Kier alpha value is -1.95. The molecule has 0 bridgehead atoms. The molecule has 0 fully saturated rings. The number of hydrogen-bond acceptors (Lipinski definition) is 4. The minimum absolute atomic E-state index is 0.528. The van der Waals surface area contributed by atoms with Gasteiger partial charge in [-0.2, -0.15) is 0 Å². The topological polar surface area (TPSA) is 49.3 Å². The third-order valence-electron chi connectivity index (χ3n) is 4.45. The fourth-order valence-electron chi connectivity index (χ4n) is 3.11.